The fourth-order valence-electron chi connectivity index (χ4n) is 2.20. The molecule has 2 heterocycles. The number of hydrogen-bond donors (Lipinski definition) is 0. The van der Waals surface area contributed by atoms with Crippen molar-refractivity contribution in [2.24, 2.45) is 7.05 Å². The monoisotopic (exact) mass is 315 g/mol. The van der Waals surface area contributed by atoms with Gasteiger partial charge in [0, 0.05) is 30.6 Å². The van der Waals surface area contributed by atoms with Crippen LogP contribution in [0, 0.1) is 5.82 Å². The second-order valence-electron chi connectivity index (χ2n) is 4.68. The number of hydrogen-bond acceptors (Lipinski definition) is 3. The smallest absolute Gasteiger partial charge is 0.262 e. The Kier molecular flexibility index (Phi) is 3.73. The molecule has 3 aromatic rings. The number of aromatic nitrogens is 3. The van der Waals surface area contributed by atoms with Gasteiger partial charge < -0.3 is 0 Å². The highest BCUT2D eigenvalue weighted by Crippen LogP contribution is 2.29. The molecule has 0 bridgehead atoms. The van der Waals surface area contributed by atoms with Gasteiger partial charge in [0.1, 0.15) is 5.82 Å². The highest BCUT2D eigenvalue weighted by Gasteiger charge is 2.19. The van der Waals surface area contributed by atoms with Crippen molar-refractivity contribution in [3.63, 3.8) is 0 Å². The van der Waals surface area contributed by atoms with Crippen LogP contribution in [-0.2, 0) is 7.05 Å². The first-order valence-electron chi connectivity index (χ1n) is 6.51. The minimum absolute atomic E-state index is 0.0388. The lowest BCUT2D eigenvalue weighted by Gasteiger charge is -2.12. The van der Waals surface area contributed by atoms with Gasteiger partial charge in [0.05, 0.1) is 11.3 Å². The van der Waals surface area contributed by atoms with E-state index in [1.807, 2.05) is 0 Å². The summed E-state index contributed by atoms with van der Waals surface area (Å²) in [6, 6.07) is 9.48. The summed E-state index contributed by atoms with van der Waals surface area (Å²) < 4.78 is 15.4. The van der Waals surface area contributed by atoms with Crippen LogP contribution < -0.4 is 5.56 Å². The topological polar surface area (TPSA) is 47.8 Å². The van der Waals surface area contributed by atoms with Crippen LogP contribution in [0.4, 0.5) is 4.39 Å². The van der Waals surface area contributed by atoms with Gasteiger partial charge in [-0.15, -0.1) is 0 Å². The minimum atomic E-state index is -0.487. The van der Waals surface area contributed by atoms with E-state index in [4.69, 9.17) is 11.6 Å². The summed E-state index contributed by atoms with van der Waals surface area (Å²) in [5.74, 6) is -0.487. The summed E-state index contributed by atoms with van der Waals surface area (Å²) in [6.07, 6.45) is 3.15. The van der Waals surface area contributed by atoms with E-state index in [0.29, 0.717) is 11.3 Å². The molecule has 0 N–H and O–H groups in total. The molecule has 0 spiro atoms. The van der Waals surface area contributed by atoms with Gasteiger partial charge in [-0.2, -0.15) is 0 Å². The summed E-state index contributed by atoms with van der Waals surface area (Å²) in [5.41, 5.74) is 0.945. The van der Waals surface area contributed by atoms with Crippen molar-refractivity contribution in [1.82, 2.24) is 14.5 Å². The summed E-state index contributed by atoms with van der Waals surface area (Å²) in [7, 11) is 1.50. The predicted octanol–water partition coefficient (Wildman–Crippen LogP) is 3.30. The lowest BCUT2D eigenvalue weighted by Crippen LogP contribution is -2.22. The third-order valence-electron chi connectivity index (χ3n) is 3.33. The van der Waals surface area contributed by atoms with Crippen molar-refractivity contribution in [2.75, 3.05) is 0 Å². The van der Waals surface area contributed by atoms with E-state index in [-0.39, 0.29) is 16.4 Å². The SMILES string of the molecule is Cn1c(Cl)nc(-c2ccncc2)c(-c2ccccc2F)c1=O. The highest BCUT2D eigenvalue weighted by atomic mass is 35.5. The maximum absolute atomic E-state index is 14.2. The second kappa shape index (κ2) is 5.69. The van der Waals surface area contributed by atoms with Crippen LogP contribution in [0.1, 0.15) is 0 Å². The first-order chi connectivity index (χ1) is 10.6. The highest BCUT2D eigenvalue weighted by molar-refractivity contribution is 6.28. The van der Waals surface area contributed by atoms with Crippen molar-refractivity contribution in [3.05, 3.63) is 70.2 Å². The largest absolute Gasteiger partial charge is 0.286 e. The number of nitrogens with zero attached hydrogens (tertiary/aromatic N) is 3. The molecule has 0 saturated heterocycles. The quantitative estimate of drug-likeness (QED) is 0.682. The lowest BCUT2D eigenvalue weighted by atomic mass is 10.0. The molecule has 2 aromatic heterocycles. The van der Waals surface area contributed by atoms with Gasteiger partial charge in [0.15, 0.2) is 0 Å². The number of pyridine rings is 1. The molecule has 0 aliphatic carbocycles. The molecular weight excluding hydrogens is 305 g/mol. The molecule has 0 aliphatic heterocycles. The van der Waals surface area contributed by atoms with Gasteiger partial charge >= 0.3 is 0 Å². The van der Waals surface area contributed by atoms with Gasteiger partial charge in [0.25, 0.3) is 5.56 Å². The Balaban J connectivity index is 2.41. The molecule has 0 fully saturated rings. The van der Waals surface area contributed by atoms with Crippen molar-refractivity contribution in [2.45, 2.75) is 0 Å². The Labute approximate surface area is 130 Å². The first kappa shape index (κ1) is 14.4. The van der Waals surface area contributed by atoms with E-state index >= 15 is 0 Å². The molecule has 0 amide bonds. The molecule has 0 radical (unpaired) electrons. The molecule has 0 aliphatic rings. The van der Waals surface area contributed by atoms with Crippen LogP contribution >= 0.6 is 11.6 Å². The fraction of sp³-hybridized carbons (Fsp3) is 0.0625. The fourth-order valence-corrected chi connectivity index (χ4v) is 2.36. The van der Waals surface area contributed by atoms with Crippen LogP contribution in [0.5, 0.6) is 0 Å². The molecule has 6 heteroatoms. The number of benzene rings is 1. The van der Waals surface area contributed by atoms with Gasteiger partial charge in [0.2, 0.25) is 5.28 Å². The third kappa shape index (κ3) is 2.40. The standard InChI is InChI=1S/C16H11ClFN3O/c1-21-15(22)13(11-4-2-3-5-12(11)18)14(20-16(21)17)10-6-8-19-9-7-10/h2-9H,1H3. The average Bonchev–Trinajstić information content (AvgIpc) is 2.54. The van der Waals surface area contributed by atoms with E-state index in [2.05, 4.69) is 9.97 Å². The van der Waals surface area contributed by atoms with Gasteiger partial charge in [-0.1, -0.05) is 18.2 Å². The minimum Gasteiger partial charge on any atom is -0.286 e. The van der Waals surface area contributed by atoms with E-state index in [1.54, 1.807) is 42.7 Å². The molecule has 0 unspecified atom stereocenters. The molecule has 4 nitrogen and oxygen atoms in total. The Bertz CT molecular complexity index is 894. The normalized spacial score (nSPS) is 10.7. The van der Waals surface area contributed by atoms with E-state index in [9.17, 15) is 9.18 Å². The molecule has 0 atom stereocenters. The number of rotatable bonds is 2. The average molecular weight is 316 g/mol. The van der Waals surface area contributed by atoms with Crippen molar-refractivity contribution in [1.29, 1.82) is 0 Å². The molecule has 3 rings (SSSR count). The Morgan fingerprint density at radius 1 is 1.14 bits per heavy atom. The predicted molar refractivity (Wildman–Crippen MR) is 83.1 cm³/mol. The van der Waals surface area contributed by atoms with E-state index in [0.717, 1.165) is 0 Å². The zero-order valence-corrected chi connectivity index (χ0v) is 12.4. The van der Waals surface area contributed by atoms with Crippen LogP contribution in [-0.4, -0.2) is 14.5 Å². The molecule has 1 aromatic carbocycles. The summed E-state index contributed by atoms with van der Waals surface area (Å²) in [5, 5.41) is 0.0388. The molecular formula is C16H11ClFN3O. The Morgan fingerprint density at radius 2 is 1.82 bits per heavy atom. The van der Waals surface area contributed by atoms with E-state index < -0.39 is 11.4 Å². The van der Waals surface area contributed by atoms with E-state index in [1.165, 1.54) is 17.7 Å². The summed E-state index contributed by atoms with van der Waals surface area (Å²) >= 11 is 6.01. The zero-order valence-electron chi connectivity index (χ0n) is 11.6. The van der Waals surface area contributed by atoms with Crippen molar-refractivity contribution in [3.8, 4) is 22.4 Å². The van der Waals surface area contributed by atoms with Crippen LogP contribution in [0.25, 0.3) is 22.4 Å². The van der Waals surface area contributed by atoms with Crippen LogP contribution in [0.2, 0.25) is 5.28 Å². The van der Waals surface area contributed by atoms with Crippen molar-refractivity contribution < 1.29 is 4.39 Å². The summed E-state index contributed by atoms with van der Waals surface area (Å²) in [4.78, 5) is 20.8. The van der Waals surface area contributed by atoms with Crippen LogP contribution in [0.3, 0.4) is 0 Å². The van der Waals surface area contributed by atoms with Gasteiger partial charge in [-0.25, -0.2) is 9.37 Å². The summed E-state index contributed by atoms with van der Waals surface area (Å²) in [6.45, 7) is 0. The van der Waals surface area contributed by atoms with Crippen LogP contribution in [0.15, 0.2) is 53.6 Å². The Morgan fingerprint density at radius 3 is 2.50 bits per heavy atom. The van der Waals surface area contributed by atoms with Gasteiger partial charge in [-0.3, -0.25) is 14.3 Å². The second-order valence-corrected chi connectivity index (χ2v) is 5.02. The van der Waals surface area contributed by atoms with Gasteiger partial charge in [-0.05, 0) is 29.8 Å². The Hall–Kier alpha value is -2.53. The molecule has 22 heavy (non-hydrogen) atoms. The lowest BCUT2D eigenvalue weighted by molar-refractivity contribution is 0.630. The number of halogens is 2. The third-order valence-corrected chi connectivity index (χ3v) is 3.67. The first-order valence-corrected chi connectivity index (χ1v) is 6.89. The molecule has 0 saturated carbocycles. The van der Waals surface area contributed by atoms with Crippen molar-refractivity contribution >= 4 is 11.6 Å². The molecule has 110 valence electrons. The zero-order chi connectivity index (χ0) is 15.7. The maximum Gasteiger partial charge on any atom is 0.262 e. The maximum atomic E-state index is 14.2.